The Balaban J connectivity index is 1.51. The average molecular weight is 362 g/mol. The fraction of sp³-hybridized carbons (Fsp3) is 0.316. The second-order valence-electron chi connectivity index (χ2n) is 6.11. The molecule has 1 aliphatic rings. The molecule has 2 aromatic carbocycles. The maximum atomic E-state index is 13.0. The number of carbonyl (C=O) groups is 1. The number of benzene rings is 2. The Kier molecular flexibility index (Phi) is 5.43. The molecule has 1 heterocycles. The highest BCUT2D eigenvalue weighted by Gasteiger charge is 2.21. The second kappa shape index (κ2) is 7.74. The zero-order valence-electron chi connectivity index (χ0n) is 14.1. The van der Waals surface area contributed by atoms with Gasteiger partial charge in [-0.2, -0.15) is 0 Å². The quantitative estimate of drug-likeness (QED) is 0.904. The van der Waals surface area contributed by atoms with E-state index in [2.05, 4.69) is 10.2 Å². The fourth-order valence-corrected chi connectivity index (χ4v) is 3.12. The molecule has 0 aliphatic carbocycles. The molecule has 3 rings (SSSR count). The number of anilines is 2. The van der Waals surface area contributed by atoms with Crippen molar-refractivity contribution in [3.05, 3.63) is 58.9 Å². The molecule has 1 N–H and O–H groups in total. The van der Waals surface area contributed by atoms with Gasteiger partial charge in [-0.25, -0.2) is 4.39 Å². The van der Waals surface area contributed by atoms with Gasteiger partial charge in [-0.3, -0.25) is 4.79 Å². The van der Waals surface area contributed by atoms with E-state index in [-0.39, 0.29) is 18.3 Å². The third kappa shape index (κ3) is 4.23. The molecule has 1 fully saturated rings. The predicted molar refractivity (Wildman–Crippen MR) is 99.9 cm³/mol. The number of rotatable bonds is 4. The molecule has 0 atom stereocenters. The summed E-state index contributed by atoms with van der Waals surface area (Å²) in [5.74, 6) is -0.168. The van der Waals surface area contributed by atoms with Gasteiger partial charge in [0, 0.05) is 42.6 Å². The number of nitrogens with one attached hydrogen (secondary N) is 1. The summed E-state index contributed by atoms with van der Waals surface area (Å²) < 4.78 is 13.0. The molecule has 0 spiro atoms. The number of hydrogen-bond donors (Lipinski definition) is 1. The minimum absolute atomic E-state index is 0.0677. The second-order valence-corrected chi connectivity index (χ2v) is 6.52. The zero-order valence-corrected chi connectivity index (χ0v) is 14.9. The molecule has 25 heavy (non-hydrogen) atoms. The largest absolute Gasteiger partial charge is 0.376 e. The van der Waals surface area contributed by atoms with Crippen molar-refractivity contribution >= 4 is 28.9 Å². The molecule has 0 bridgehead atoms. The fourth-order valence-electron chi connectivity index (χ4n) is 2.95. The molecule has 1 aliphatic heterocycles. The van der Waals surface area contributed by atoms with Crippen LogP contribution in [0.2, 0.25) is 5.02 Å². The lowest BCUT2D eigenvalue weighted by molar-refractivity contribution is -0.129. The Morgan fingerprint density at radius 3 is 2.48 bits per heavy atom. The number of piperazine rings is 1. The average Bonchev–Trinajstić information content (AvgIpc) is 2.63. The zero-order chi connectivity index (χ0) is 17.8. The van der Waals surface area contributed by atoms with Crippen molar-refractivity contribution in [2.24, 2.45) is 0 Å². The van der Waals surface area contributed by atoms with Crippen LogP contribution in [0, 0.1) is 12.7 Å². The summed E-state index contributed by atoms with van der Waals surface area (Å²) in [6, 6.07) is 12.1. The third-order valence-electron chi connectivity index (χ3n) is 4.52. The predicted octanol–water partition coefficient (Wildman–Crippen LogP) is 3.55. The van der Waals surface area contributed by atoms with Crippen molar-refractivity contribution in [2.75, 3.05) is 42.9 Å². The number of hydrogen-bond acceptors (Lipinski definition) is 3. The van der Waals surface area contributed by atoms with E-state index in [9.17, 15) is 9.18 Å². The summed E-state index contributed by atoms with van der Waals surface area (Å²) in [4.78, 5) is 16.4. The first-order valence-corrected chi connectivity index (χ1v) is 8.69. The van der Waals surface area contributed by atoms with Crippen molar-refractivity contribution in [1.82, 2.24) is 4.90 Å². The van der Waals surface area contributed by atoms with E-state index in [0.717, 1.165) is 30.0 Å². The lowest BCUT2D eigenvalue weighted by atomic mass is 10.2. The van der Waals surface area contributed by atoms with E-state index < -0.39 is 0 Å². The molecule has 0 unspecified atom stereocenters. The lowest BCUT2D eigenvalue weighted by Crippen LogP contribution is -2.50. The highest BCUT2D eigenvalue weighted by atomic mass is 35.5. The van der Waals surface area contributed by atoms with Crippen molar-refractivity contribution in [3.8, 4) is 0 Å². The van der Waals surface area contributed by atoms with Crippen LogP contribution in [0.25, 0.3) is 0 Å². The number of halogens is 2. The van der Waals surface area contributed by atoms with Gasteiger partial charge in [-0.05, 0) is 48.9 Å². The highest BCUT2D eigenvalue weighted by molar-refractivity contribution is 6.31. The third-order valence-corrected chi connectivity index (χ3v) is 4.93. The Morgan fingerprint density at radius 1 is 1.12 bits per heavy atom. The molecule has 6 heteroatoms. The maximum absolute atomic E-state index is 13.0. The summed E-state index contributed by atoms with van der Waals surface area (Å²) >= 11 is 6.10. The van der Waals surface area contributed by atoms with Crippen molar-refractivity contribution in [3.63, 3.8) is 0 Å². The van der Waals surface area contributed by atoms with Crippen LogP contribution in [-0.2, 0) is 4.79 Å². The van der Waals surface area contributed by atoms with Crippen LogP contribution in [0.5, 0.6) is 0 Å². The Hall–Kier alpha value is -2.27. The molecule has 1 saturated heterocycles. The highest BCUT2D eigenvalue weighted by Crippen LogP contribution is 2.23. The van der Waals surface area contributed by atoms with E-state index >= 15 is 0 Å². The lowest BCUT2D eigenvalue weighted by Gasteiger charge is -2.36. The van der Waals surface area contributed by atoms with Crippen LogP contribution >= 0.6 is 11.6 Å². The first kappa shape index (κ1) is 17.5. The summed E-state index contributed by atoms with van der Waals surface area (Å²) in [6.07, 6.45) is 0. The Bertz CT molecular complexity index is 743. The van der Waals surface area contributed by atoms with Crippen LogP contribution in [-0.4, -0.2) is 43.5 Å². The van der Waals surface area contributed by atoms with Gasteiger partial charge >= 0.3 is 0 Å². The first-order chi connectivity index (χ1) is 12.0. The summed E-state index contributed by atoms with van der Waals surface area (Å²) in [7, 11) is 0. The molecule has 0 aromatic heterocycles. The van der Waals surface area contributed by atoms with Gasteiger partial charge in [0.2, 0.25) is 5.91 Å². The van der Waals surface area contributed by atoms with E-state index in [1.807, 2.05) is 30.0 Å². The maximum Gasteiger partial charge on any atom is 0.241 e. The topological polar surface area (TPSA) is 35.6 Å². The molecule has 1 amide bonds. The Morgan fingerprint density at radius 2 is 1.80 bits per heavy atom. The van der Waals surface area contributed by atoms with Gasteiger partial charge in [-0.1, -0.05) is 17.7 Å². The molecular formula is C19H21ClFN3O. The minimum Gasteiger partial charge on any atom is -0.376 e. The van der Waals surface area contributed by atoms with Crippen molar-refractivity contribution in [2.45, 2.75) is 6.92 Å². The number of amides is 1. The van der Waals surface area contributed by atoms with Crippen molar-refractivity contribution < 1.29 is 9.18 Å². The first-order valence-electron chi connectivity index (χ1n) is 8.32. The van der Waals surface area contributed by atoms with Gasteiger partial charge in [0.25, 0.3) is 0 Å². The van der Waals surface area contributed by atoms with Gasteiger partial charge < -0.3 is 15.1 Å². The van der Waals surface area contributed by atoms with E-state index in [1.54, 1.807) is 12.1 Å². The molecule has 132 valence electrons. The number of carbonyl (C=O) groups excluding carboxylic acids is 1. The van der Waals surface area contributed by atoms with Gasteiger partial charge in [-0.15, -0.1) is 0 Å². The molecule has 0 saturated carbocycles. The summed E-state index contributed by atoms with van der Waals surface area (Å²) in [5, 5.41) is 3.85. The van der Waals surface area contributed by atoms with E-state index in [4.69, 9.17) is 11.6 Å². The standard InChI is InChI=1S/C19H21ClFN3O/c1-14-17(20)3-2-4-18(14)22-13-19(25)24-11-9-23(10-12-24)16-7-5-15(21)6-8-16/h2-8,22H,9-13H2,1H3. The van der Waals surface area contributed by atoms with Crippen LogP contribution < -0.4 is 10.2 Å². The van der Waals surface area contributed by atoms with E-state index in [0.29, 0.717) is 18.1 Å². The van der Waals surface area contributed by atoms with Gasteiger partial charge in [0.15, 0.2) is 0 Å². The summed E-state index contributed by atoms with van der Waals surface area (Å²) in [6.45, 7) is 4.98. The SMILES string of the molecule is Cc1c(Cl)cccc1NCC(=O)N1CCN(c2ccc(F)cc2)CC1. The monoisotopic (exact) mass is 361 g/mol. The smallest absolute Gasteiger partial charge is 0.241 e. The van der Waals surface area contributed by atoms with Crippen LogP contribution in [0.1, 0.15) is 5.56 Å². The Labute approximate surface area is 152 Å². The van der Waals surface area contributed by atoms with Crippen LogP contribution in [0.15, 0.2) is 42.5 Å². The number of nitrogens with zero attached hydrogens (tertiary/aromatic N) is 2. The molecule has 2 aromatic rings. The van der Waals surface area contributed by atoms with Gasteiger partial charge in [0.05, 0.1) is 6.54 Å². The van der Waals surface area contributed by atoms with Crippen molar-refractivity contribution in [1.29, 1.82) is 0 Å². The normalized spacial score (nSPS) is 14.5. The minimum atomic E-state index is -0.236. The molecule has 4 nitrogen and oxygen atoms in total. The van der Waals surface area contributed by atoms with Crippen LogP contribution in [0.3, 0.4) is 0 Å². The molecule has 0 radical (unpaired) electrons. The molecular weight excluding hydrogens is 341 g/mol. The summed E-state index contributed by atoms with van der Waals surface area (Å²) in [5.41, 5.74) is 2.81. The van der Waals surface area contributed by atoms with Gasteiger partial charge in [0.1, 0.15) is 5.82 Å². The van der Waals surface area contributed by atoms with Crippen LogP contribution in [0.4, 0.5) is 15.8 Å². The van der Waals surface area contributed by atoms with E-state index in [1.165, 1.54) is 12.1 Å².